The molecule has 2 rings (SSSR count). The lowest BCUT2D eigenvalue weighted by atomic mass is 10.1. The highest BCUT2D eigenvalue weighted by molar-refractivity contribution is 6.30. The number of halogens is 1. The van der Waals surface area contributed by atoms with Crippen molar-refractivity contribution in [2.75, 3.05) is 5.32 Å². The maximum absolute atomic E-state index is 12.2. The van der Waals surface area contributed by atoms with Crippen LogP contribution in [0, 0.1) is 6.92 Å². The van der Waals surface area contributed by atoms with Gasteiger partial charge in [-0.25, -0.2) is 0 Å². The van der Waals surface area contributed by atoms with Crippen molar-refractivity contribution >= 4 is 29.0 Å². The van der Waals surface area contributed by atoms with Crippen molar-refractivity contribution in [3.8, 4) is 5.75 Å². The minimum atomic E-state index is -0.702. The molecule has 120 valence electrons. The van der Waals surface area contributed by atoms with Crippen LogP contribution in [0.2, 0.25) is 5.02 Å². The zero-order chi connectivity index (χ0) is 17.0. The van der Waals surface area contributed by atoms with Crippen molar-refractivity contribution in [3.05, 3.63) is 58.6 Å². The van der Waals surface area contributed by atoms with Crippen LogP contribution in [0.4, 0.5) is 5.69 Å². The Morgan fingerprint density at radius 2 is 1.91 bits per heavy atom. The van der Waals surface area contributed by atoms with Gasteiger partial charge in [0.1, 0.15) is 5.75 Å². The van der Waals surface area contributed by atoms with E-state index in [1.807, 2.05) is 6.92 Å². The van der Waals surface area contributed by atoms with E-state index in [4.69, 9.17) is 16.3 Å². The van der Waals surface area contributed by atoms with E-state index in [-0.39, 0.29) is 11.7 Å². The summed E-state index contributed by atoms with van der Waals surface area (Å²) in [7, 11) is 0. The number of Topliss-reactive ketones (excluding diaryl/α,β-unsaturated/α-hetero) is 1. The third-order valence-corrected chi connectivity index (χ3v) is 3.60. The molecule has 0 aliphatic carbocycles. The minimum Gasteiger partial charge on any atom is -0.481 e. The molecule has 1 atom stereocenters. The van der Waals surface area contributed by atoms with E-state index in [2.05, 4.69) is 5.32 Å². The summed E-state index contributed by atoms with van der Waals surface area (Å²) in [6.07, 6.45) is -0.702. The molecule has 0 aliphatic rings. The van der Waals surface area contributed by atoms with Crippen molar-refractivity contribution in [3.63, 3.8) is 0 Å². The quantitative estimate of drug-likeness (QED) is 0.833. The van der Waals surface area contributed by atoms with Crippen molar-refractivity contribution in [1.29, 1.82) is 0 Å². The molecule has 1 unspecified atom stereocenters. The third-order valence-electron chi connectivity index (χ3n) is 3.37. The van der Waals surface area contributed by atoms with E-state index < -0.39 is 6.10 Å². The molecular weight excluding hydrogens is 314 g/mol. The van der Waals surface area contributed by atoms with E-state index in [9.17, 15) is 9.59 Å². The Kier molecular flexibility index (Phi) is 5.40. The van der Waals surface area contributed by atoms with Crippen LogP contribution < -0.4 is 10.1 Å². The highest BCUT2D eigenvalue weighted by Crippen LogP contribution is 2.20. The fourth-order valence-electron chi connectivity index (χ4n) is 2.05. The summed E-state index contributed by atoms with van der Waals surface area (Å²) >= 11 is 5.90. The van der Waals surface area contributed by atoms with Gasteiger partial charge in [-0.05, 0) is 56.7 Å². The third kappa shape index (κ3) is 4.57. The summed E-state index contributed by atoms with van der Waals surface area (Å²) in [5.41, 5.74) is 2.10. The van der Waals surface area contributed by atoms with Gasteiger partial charge < -0.3 is 10.1 Å². The zero-order valence-corrected chi connectivity index (χ0v) is 14.0. The summed E-state index contributed by atoms with van der Waals surface area (Å²) in [6, 6.07) is 12.0. The first-order valence-corrected chi connectivity index (χ1v) is 7.59. The number of hydrogen-bond donors (Lipinski definition) is 1. The number of anilines is 1. The van der Waals surface area contributed by atoms with E-state index in [0.717, 1.165) is 5.56 Å². The lowest BCUT2D eigenvalue weighted by molar-refractivity contribution is -0.122. The Labute approximate surface area is 140 Å². The van der Waals surface area contributed by atoms with Crippen molar-refractivity contribution in [2.24, 2.45) is 0 Å². The van der Waals surface area contributed by atoms with Gasteiger partial charge in [-0.3, -0.25) is 9.59 Å². The minimum absolute atomic E-state index is 0.0515. The number of carbonyl (C=O) groups is 2. The van der Waals surface area contributed by atoms with Gasteiger partial charge in [-0.2, -0.15) is 0 Å². The number of ketones is 1. The highest BCUT2D eigenvalue weighted by Gasteiger charge is 2.16. The van der Waals surface area contributed by atoms with E-state index >= 15 is 0 Å². The van der Waals surface area contributed by atoms with Crippen molar-refractivity contribution < 1.29 is 14.3 Å². The molecule has 0 heterocycles. The van der Waals surface area contributed by atoms with Crippen LogP contribution in [0.5, 0.6) is 5.75 Å². The second kappa shape index (κ2) is 7.29. The van der Waals surface area contributed by atoms with Crippen molar-refractivity contribution in [1.82, 2.24) is 0 Å². The Bertz CT molecular complexity index is 743. The second-order valence-corrected chi connectivity index (χ2v) is 5.73. The maximum atomic E-state index is 12.2. The van der Waals surface area contributed by atoms with Gasteiger partial charge in [0.25, 0.3) is 5.91 Å². The molecule has 4 nitrogen and oxygen atoms in total. The van der Waals surface area contributed by atoms with E-state index in [0.29, 0.717) is 22.0 Å². The topological polar surface area (TPSA) is 55.4 Å². The van der Waals surface area contributed by atoms with Gasteiger partial charge in [0, 0.05) is 16.3 Å². The van der Waals surface area contributed by atoms with Gasteiger partial charge in [0.05, 0.1) is 0 Å². The number of carbonyl (C=O) groups excluding carboxylic acids is 2. The van der Waals surface area contributed by atoms with Crippen molar-refractivity contribution in [2.45, 2.75) is 26.9 Å². The summed E-state index contributed by atoms with van der Waals surface area (Å²) < 4.78 is 5.61. The first-order valence-electron chi connectivity index (χ1n) is 7.21. The summed E-state index contributed by atoms with van der Waals surface area (Å²) in [5, 5.41) is 3.42. The molecule has 0 saturated carbocycles. The highest BCUT2D eigenvalue weighted by atomic mass is 35.5. The van der Waals surface area contributed by atoms with Crippen LogP contribution >= 0.6 is 11.6 Å². The average Bonchev–Trinajstić information content (AvgIpc) is 2.50. The molecule has 0 radical (unpaired) electrons. The number of hydrogen-bond acceptors (Lipinski definition) is 3. The molecule has 23 heavy (non-hydrogen) atoms. The van der Waals surface area contributed by atoms with Gasteiger partial charge in [0.15, 0.2) is 11.9 Å². The van der Waals surface area contributed by atoms with Gasteiger partial charge >= 0.3 is 0 Å². The molecule has 0 fully saturated rings. The number of ether oxygens (including phenoxy) is 1. The monoisotopic (exact) mass is 331 g/mol. The number of amides is 1. The number of nitrogens with one attached hydrogen (secondary N) is 1. The Hall–Kier alpha value is -2.33. The van der Waals surface area contributed by atoms with Gasteiger partial charge in [0.2, 0.25) is 0 Å². The van der Waals surface area contributed by atoms with E-state index in [1.165, 1.54) is 6.92 Å². The summed E-state index contributed by atoms with van der Waals surface area (Å²) in [6.45, 7) is 5.00. The van der Waals surface area contributed by atoms with Crippen LogP contribution in [0.15, 0.2) is 42.5 Å². The molecular formula is C18H18ClNO3. The summed E-state index contributed by atoms with van der Waals surface area (Å²) in [4.78, 5) is 23.6. The fourth-order valence-corrected chi connectivity index (χ4v) is 2.27. The second-order valence-electron chi connectivity index (χ2n) is 5.29. The van der Waals surface area contributed by atoms with Crippen LogP contribution in [-0.2, 0) is 4.79 Å². The van der Waals surface area contributed by atoms with Crippen LogP contribution in [-0.4, -0.2) is 17.8 Å². The standard InChI is InChI=1S/C18H18ClNO3/c1-11-9-15(19)7-8-17(11)20-18(22)13(3)23-16-6-4-5-14(10-16)12(2)21/h4-10,13H,1-3H3,(H,20,22). The van der Waals surface area contributed by atoms with Crippen LogP contribution in [0.1, 0.15) is 29.8 Å². The molecule has 5 heteroatoms. The molecule has 0 aliphatic heterocycles. The largest absolute Gasteiger partial charge is 0.481 e. The number of benzene rings is 2. The molecule has 0 saturated heterocycles. The lowest BCUT2D eigenvalue weighted by Crippen LogP contribution is -2.30. The van der Waals surface area contributed by atoms with Crippen LogP contribution in [0.3, 0.4) is 0 Å². The first-order chi connectivity index (χ1) is 10.9. The Morgan fingerprint density at radius 3 is 2.57 bits per heavy atom. The Balaban J connectivity index is 2.05. The van der Waals surface area contributed by atoms with Gasteiger partial charge in [-0.15, -0.1) is 0 Å². The predicted octanol–water partition coefficient (Wildman–Crippen LogP) is 4.26. The normalized spacial score (nSPS) is 11.7. The predicted molar refractivity (Wildman–Crippen MR) is 91.4 cm³/mol. The Morgan fingerprint density at radius 1 is 1.17 bits per heavy atom. The average molecular weight is 332 g/mol. The zero-order valence-electron chi connectivity index (χ0n) is 13.2. The molecule has 0 spiro atoms. The number of rotatable bonds is 5. The lowest BCUT2D eigenvalue weighted by Gasteiger charge is -2.16. The summed E-state index contributed by atoms with van der Waals surface area (Å²) in [5.74, 6) is 0.154. The number of aryl methyl sites for hydroxylation is 1. The van der Waals surface area contributed by atoms with Crippen LogP contribution in [0.25, 0.3) is 0 Å². The van der Waals surface area contributed by atoms with Gasteiger partial charge in [-0.1, -0.05) is 23.7 Å². The maximum Gasteiger partial charge on any atom is 0.265 e. The molecule has 1 amide bonds. The first kappa shape index (κ1) is 17.0. The molecule has 0 bridgehead atoms. The molecule has 1 N–H and O–H groups in total. The smallest absolute Gasteiger partial charge is 0.265 e. The fraction of sp³-hybridized carbons (Fsp3) is 0.222. The van der Waals surface area contributed by atoms with E-state index in [1.54, 1.807) is 49.4 Å². The molecule has 2 aromatic carbocycles. The molecule has 0 aromatic heterocycles. The SMILES string of the molecule is CC(=O)c1cccc(OC(C)C(=O)Nc2ccc(Cl)cc2C)c1. The molecule has 2 aromatic rings.